The van der Waals surface area contributed by atoms with Gasteiger partial charge >= 0.3 is 0 Å². The standard InChI is InChI=1S/C7H16.C4H10.5CH4/c1-4-7(5-2)6-3;1-4(2)3;;;;;/h7H,4-6H2,1-3H3;4H,1-3H3;5*1H4. The van der Waals surface area contributed by atoms with Gasteiger partial charge in [0.25, 0.3) is 0 Å². The first-order valence-electron chi connectivity index (χ1n) is 5.08. The Balaban J connectivity index is -0.0000000165. The molecule has 0 aromatic carbocycles. The van der Waals surface area contributed by atoms with Gasteiger partial charge in [-0.1, -0.05) is 97.9 Å². The van der Waals surface area contributed by atoms with E-state index in [9.17, 15) is 0 Å². The predicted molar refractivity (Wildman–Crippen MR) is 88.5 cm³/mol. The van der Waals surface area contributed by atoms with Crippen molar-refractivity contribution < 1.29 is 0 Å². The van der Waals surface area contributed by atoms with E-state index in [1.807, 2.05) is 0 Å². The summed E-state index contributed by atoms with van der Waals surface area (Å²) in [5.74, 6) is 1.82. The third kappa shape index (κ3) is 65.7. The van der Waals surface area contributed by atoms with Gasteiger partial charge in [-0.2, -0.15) is 0 Å². The number of hydrogen-bond acceptors (Lipinski definition) is 0. The van der Waals surface area contributed by atoms with Crippen LogP contribution in [0, 0.1) is 11.8 Å². The van der Waals surface area contributed by atoms with Crippen LogP contribution in [-0.2, 0) is 0 Å². The van der Waals surface area contributed by atoms with Gasteiger partial charge in [-0.3, -0.25) is 0 Å². The summed E-state index contributed by atoms with van der Waals surface area (Å²) in [6.45, 7) is 13.3. The molecule has 0 aromatic heterocycles. The average molecular weight is 239 g/mol. The first-order chi connectivity index (χ1) is 5.08. The Bertz CT molecular complexity index is 42.8. The van der Waals surface area contributed by atoms with E-state index < -0.39 is 0 Å². The molecule has 0 rings (SSSR count). The molecule has 0 amide bonds. The SMILES string of the molecule is C.C.C.C.C.CC(C)C.CCC(CC)CC. The van der Waals surface area contributed by atoms with E-state index in [2.05, 4.69) is 41.5 Å². The number of hydrogen-bond donors (Lipinski definition) is 0. The average Bonchev–Trinajstić information content (AvgIpc) is 1.90. The lowest BCUT2D eigenvalue weighted by Crippen LogP contribution is -1.91. The van der Waals surface area contributed by atoms with Crippen molar-refractivity contribution >= 4 is 0 Å². The molecule has 0 nitrogen and oxygen atoms in total. The van der Waals surface area contributed by atoms with Crippen molar-refractivity contribution in [3.05, 3.63) is 0 Å². The maximum atomic E-state index is 2.26. The molecule has 0 heterocycles. The van der Waals surface area contributed by atoms with E-state index in [-0.39, 0.29) is 37.1 Å². The topological polar surface area (TPSA) is 0 Å². The van der Waals surface area contributed by atoms with Crippen molar-refractivity contribution in [2.45, 2.75) is 97.9 Å². The largest absolute Gasteiger partial charge is 0.0776 e. The summed E-state index contributed by atoms with van der Waals surface area (Å²) in [5.41, 5.74) is 0. The third-order valence-corrected chi connectivity index (χ3v) is 1.73. The van der Waals surface area contributed by atoms with Crippen LogP contribution in [0.2, 0.25) is 0 Å². The molecule has 0 aliphatic carbocycles. The Labute approximate surface area is 110 Å². The lowest BCUT2D eigenvalue weighted by Gasteiger charge is -2.05. The maximum Gasteiger partial charge on any atom is -0.0422 e. The van der Waals surface area contributed by atoms with Gasteiger partial charge in [-0.05, 0) is 11.8 Å². The molecule has 0 aliphatic rings. The molecule has 0 heteroatoms. The molecular weight excluding hydrogens is 192 g/mol. The van der Waals surface area contributed by atoms with E-state index >= 15 is 0 Å². The summed E-state index contributed by atoms with van der Waals surface area (Å²) < 4.78 is 0. The Morgan fingerprint density at radius 1 is 0.562 bits per heavy atom. The second-order valence-corrected chi connectivity index (χ2v) is 3.82. The fraction of sp³-hybridized carbons (Fsp3) is 1.00. The van der Waals surface area contributed by atoms with Crippen molar-refractivity contribution in [1.82, 2.24) is 0 Å². The number of rotatable bonds is 3. The highest BCUT2D eigenvalue weighted by atomic mass is 14.0. The minimum Gasteiger partial charge on any atom is -0.0776 e. The van der Waals surface area contributed by atoms with Crippen LogP contribution in [0.25, 0.3) is 0 Å². The van der Waals surface area contributed by atoms with Crippen LogP contribution < -0.4 is 0 Å². The van der Waals surface area contributed by atoms with E-state index in [1.54, 1.807) is 0 Å². The van der Waals surface area contributed by atoms with Gasteiger partial charge in [0.05, 0.1) is 0 Å². The molecule has 0 fully saturated rings. The van der Waals surface area contributed by atoms with Crippen LogP contribution in [0.3, 0.4) is 0 Å². The zero-order chi connectivity index (χ0) is 9.28. The van der Waals surface area contributed by atoms with Gasteiger partial charge in [0.15, 0.2) is 0 Å². The summed E-state index contributed by atoms with van der Waals surface area (Å²) in [5, 5.41) is 0. The zero-order valence-corrected chi connectivity index (χ0v) is 9.28. The molecule has 0 N–H and O–H groups in total. The van der Waals surface area contributed by atoms with E-state index in [4.69, 9.17) is 0 Å². The molecule has 0 saturated heterocycles. The van der Waals surface area contributed by atoms with Crippen LogP contribution in [0.4, 0.5) is 0 Å². The summed E-state index contributed by atoms with van der Waals surface area (Å²) in [7, 11) is 0. The zero-order valence-electron chi connectivity index (χ0n) is 9.28. The lowest BCUT2D eigenvalue weighted by molar-refractivity contribution is 0.477. The van der Waals surface area contributed by atoms with Crippen LogP contribution in [0.1, 0.15) is 97.9 Å². The van der Waals surface area contributed by atoms with Crippen molar-refractivity contribution in [2.24, 2.45) is 11.8 Å². The second-order valence-electron chi connectivity index (χ2n) is 3.82. The third-order valence-electron chi connectivity index (χ3n) is 1.73. The highest BCUT2D eigenvalue weighted by Gasteiger charge is 1.95. The van der Waals surface area contributed by atoms with Crippen LogP contribution in [-0.4, -0.2) is 0 Å². The molecule has 0 spiro atoms. The van der Waals surface area contributed by atoms with Crippen molar-refractivity contribution in [3.63, 3.8) is 0 Å². The fourth-order valence-corrected chi connectivity index (χ4v) is 0.866. The Kier molecular flexibility index (Phi) is 101. The Morgan fingerprint density at radius 2 is 0.688 bits per heavy atom. The molecule has 110 valence electrons. The minimum absolute atomic E-state index is 0. The van der Waals surface area contributed by atoms with Gasteiger partial charge in [-0.15, -0.1) is 0 Å². The first kappa shape index (κ1) is 44.4. The molecule has 0 atom stereocenters. The molecule has 0 aromatic rings. The predicted octanol–water partition coefficient (Wildman–Crippen LogP) is 7.68. The molecule has 0 bridgehead atoms. The van der Waals surface area contributed by atoms with Crippen LogP contribution in [0.5, 0.6) is 0 Å². The van der Waals surface area contributed by atoms with E-state index in [1.165, 1.54) is 19.3 Å². The van der Waals surface area contributed by atoms with Crippen molar-refractivity contribution in [2.75, 3.05) is 0 Å². The summed E-state index contributed by atoms with van der Waals surface area (Å²) in [6.07, 6.45) is 4.06. The van der Waals surface area contributed by atoms with Gasteiger partial charge in [0.2, 0.25) is 0 Å². The second kappa shape index (κ2) is 36.3. The smallest absolute Gasteiger partial charge is 0.0422 e. The molecule has 0 unspecified atom stereocenters. The Hall–Kier alpha value is 0. The lowest BCUT2D eigenvalue weighted by atomic mass is 10.0. The minimum atomic E-state index is 0. The van der Waals surface area contributed by atoms with E-state index in [0.717, 1.165) is 11.8 Å². The van der Waals surface area contributed by atoms with Crippen LogP contribution >= 0.6 is 0 Å². The van der Waals surface area contributed by atoms with Gasteiger partial charge in [0, 0.05) is 0 Å². The quantitative estimate of drug-likeness (QED) is 0.473. The van der Waals surface area contributed by atoms with Gasteiger partial charge in [0.1, 0.15) is 0 Å². The normalized spacial score (nSPS) is 6.75. The molecule has 0 aliphatic heterocycles. The van der Waals surface area contributed by atoms with E-state index in [0.29, 0.717) is 0 Å². The first-order valence-corrected chi connectivity index (χ1v) is 5.08. The molecule has 16 heavy (non-hydrogen) atoms. The van der Waals surface area contributed by atoms with Crippen molar-refractivity contribution in [1.29, 1.82) is 0 Å². The van der Waals surface area contributed by atoms with Crippen molar-refractivity contribution in [3.8, 4) is 0 Å². The molecule has 0 saturated carbocycles. The van der Waals surface area contributed by atoms with Gasteiger partial charge < -0.3 is 0 Å². The maximum absolute atomic E-state index is 2.26. The fourth-order valence-electron chi connectivity index (χ4n) is 0.866. The van der Waals surface area contributed by atoms with Gasteiger partial charge in [-0.25, -0.2) is 0 Å². The van der Waals surface area contributed by atoms with Crippen LogP contribution in [0.15, 0.2) is 0 Å². The summed E-state index contributed by atoms with van der Waals surface area (Å²) in [6, 6.07) is 0. The highest BCUT2D eigenvalue weighted by molar-refractivity contribution is 4.48. The molecule has 0 radical (unpaired) electrons. The summed E-state index contributed by atoms with van der Waals surface area (Å²) in [4.78, 5) is 0. The highest BCUT2D eigenvalue weighted by Crippen LogP contribution is 2.09. The Morgan fingerprint density at radius 3 is 0.688 bits per heavy atom. The monoisotopic (exact) mass is 238 g/mol. The molecular formula is C16H46. The summed E-state index contributed by atoms with van der Waals surface area (Å²) >= 11 is 0.